The zero-order chi connectivity index (χ0) is 21.4. The molecule has 3 N–H and O–H groups in total. The van der Waals surface area contributed by atoms with Crippen LogP contribution in [0.3, 0.4) is 0 Å². The molecule has 0 aliphatic heterocycles. The van der Waals surface area contributed by atoms with Gasteiger partial charge in [0.2, 0.25) is 0 Å². The number of aromatic amines is 1. The lowest BCUT2D eigenvalue weighted by atomic mass is 10.0. The highest BCUT2D eigenvalue weighted by Crippen LogP contribution is 2.39. The Morgan fingerprint density at radius 1 is 1.16 bits per heavy atom. The molecule has 0 saturated heterocycles. The number of nitrogens with zero attached hydrogens (tertiary/aromatic N) is 2. The maximum Gasteiger partial charge on any atom is 0.148 e. The second-order valence-corrected chi connectivity index (χ2v) is 8.59. The van der Waals surface area contributed by atoms with Gasteiger partial charge in [-0.15, -0.1) is 11.3 Å². The van der Waals surface area contributed by atoms with Crippen molar-refractivity contribution in [1.82, 2.24) is 14.5 Å². The third-order valence-electron chi connectivity index (χ3n) is 5.30. The minimum Gasteiger partial charge on any atom is -0.497 e. The third kappa shape index (κ3) is 3.63. The van der Waals surface area contributed by atoms with Crippen LogP contribution in [0.4, 0.5) is 0 Å². The summed E-state index contributed by atoms with van der Waals surface area (Å²) in [6.07, 6.45) is 2.13. The van der Waals surface area contributed by atoms with Crippen LogP contribution in [0.2, 0.25) is 5.02 Å². The summed E-state index contributed by atoms with van der Waals surface area (Å²) in [6, 6.07) is 18.0. The van der Waals surface area contributed by atoms with Crippen LogP contribution < -0.4 is 10.5 Å². The number of thiophene rings is 1. The van der Waals surface area contributed by atoms with Crippen LogP contribution >= 0.6 is 22.9 Å². The molecule has 3 aromatic heterocycles. The van der Waals surface area contributed by atoms with Crippen LogP contribution in [0.5, 0.6) is 5.75 Å². The van der Waals surface area contributed by atoms with Gasteiger partial charge in [-0.05, 0) is 53.9 Å². The van der Waals surface area contributed by atoms with Crippen molar-refractivity contribution in [2.75, 3.05) is 13.7 Å². The standard InChI is InChI=1S/C24H21ClN4OS/c1-30-17-7-4-15(5-8-17)22-23(28-24(27-22)21-3-2-12-31-21)19-14-29(11-10-26)20-9-6-16(25)13-18(19)20/h2-9,12-14H,10-11,26H2,1H3,(H,27,28). The summed E-state index contributed by atoms with van der Waals surface area (Å²) >= 11 is 8.03. The molecule has 0 fully saturated rings. The number of benzene rings is 2. The van der Waals surface area contributed by atoms with Gasteiger partial charge in [-0.25, -0.2) is 4.98 Å². The van der Waals surface area contributed by atoms with Gasteiger partial charge in [0.1, 0.15) is 11.6 Å². The first-order valence-electron chi connectivity index (χ1n) is 9.95. The van der Waals surface area contributed by atoms with Crippen molar-refractivity contribution in [3.63, 3.8) is 0 Å². The molecule has 0 saturated carbocycles. The van der Waals surface area contributed by atoms with Gasteiger partial charge in [0.15, 0.2) is 0 Å². The molecule has 5 nitrogen and oxygen atoms in total. The molecule has 0 bridgehead atoms. The number of nitrogens with two attached hydrogens (primary N) is 1. The Kier molecular flexibility index (Phi) is 5.28. The lowest BCUT2D eigenvalue weighted by molar-refractivity contribution is 0.415. The highest BCUT2D eigenvalue weighted by molar-refractivity contribution is 7.13. The minimum absolute atomic E-state index is 0.556. The van der Waals surface area contributed by atoms with Crippen molar-refractivity contribution in [2.24, 2.45) is 5.73 Å². The Morgan fingerprint density at radius 3 is 2.71 bits per heavy atom. The summed E-state index contributed by atoms with van der Waals surface area (Å²) < 4.78 is 7.50. The van der Waals surface area contributed by atoms with Gasteiger partial charge in [0.05, 0.1) is 23.4 Å². The van der Waals surface area contributed by atoms with Crippen molar-refractivity contribution in [2.45, 2.75) is 6.54 Å². The van der Waals surface area contributed by atoms with Crippen LogP contribution in [-0.4, -0.2) is 28.2 Å². The maximum absolute atomic E-state index is 6.37. The molecule has 0 spiro atoms. The first-order valence-corrected chi connectivity index (χ1v) is 11.2. The first-order chi connectivity index (χ1) is 15.2. The van der Waals surface area contributed by atoms with E-state index in [4.69, 9.17) is 27.1 Å². The molecule has 3 heterocycles. The fraction of sp³-hybridized carbons (Fsp3) is 0.125. The van der Waals surface area contributed by atoms with Crippen molar-refractivity contribution in [3.05, 3.63) is 71.2 Å². The largest absolute Gasteiger partial charge is 0.497 e. The van der Waals surface area contributed by atoms with Crippen LogP contribution in [0, 0.1) is 0 Å². The summed E-state index contributed by atoms with van der Waals surface area (Å²) in [5, 5.41) is 3.82. The van der Waals surface area contributed by atoms with E-state index >= 15 is 0 Å². The number of methoxy groups -OCH3 is 1. The zero-order valence-electron chi connectivity index (χ0n) is 16.9. The molecule has 5 aromatic rings. The number of fused-ring (bicyclic) bond motifs is 1. The Labute approximate surface area is 189 Å². The summed E-state index contributed by atoms with van der Waals surface area (Å²) in [6.45, 7) is 1.28. The van der Waals surface area contributed by atoms with Gasteiger partial charge in [-0.3, -0.25) is 0 Å². The highest BCUT2D eigenvalue weighted by Gasteiger charge is 2.20. The van der Waals surface area contributed by atoms with Gasteiger partial charge in [0.25, 0.3) is 0 Å². The van der Waals surface area contributed by atoms with Crippen molar-refractivity contribution >= 4 is 33.8 Å². The number of imidazole rings is 1. The summed E-state index contributed by atoms with van der Waals surface area (Å²) in [4.78, 5) is 9.65. The Hall–Kier alpha value is -3.06. The lowest BCUT2D eigenvalue weighted by Gasteiger charge is -2.04. The number of hydrogen-bond donors (Lipinski definition) is 2. The van der Waals surface area contributed by atoms with E-state index in [0.717, 1.165) is 56.4 Å². The Bertz CT molecular complexity index is 1340. The van der Waals surface area contributed by atoms with Gasteiger partial charge in [-0.2, -0.15) is 0 Å². The van der Waals surface area contributed by atoms with E-state index in [1.807, 2.05) is 48.5 Å². The van der Waals surface area contributed by atoms with Crippen LogP contribution in [0.1, 0.15) is 0 Å². The maximum atomic E-state index is 6.37. The third-order valence-corrected chi connectivity index (χ3v) is 6.42. The van der Waals surface area contributed by atoms with Gasteiger partial charge in [-0.1, -0.05) is 17.7 Å². The number of halogens is 1. The number of ether oxygens (including phenoxy) is 1. The fourth-order valence-electron chi connectivity index (χ4n) is 3.85. The number of H-pyrrole nitrogens is 1. The molecule has 0 atom stereocenters. The molecule has 0 amide bonds. The molecular weight excluding hydrogens is 428 g/mol. The monoisotopic (exact) mass is 448 g/mol. The molecule has 0 radical (unpaired) electrons. The van der Waals surface area contributed by atoms with Crippen molar-refractivity contribution in [1.29, 1.82) is 0 Å². The molecule has 0 aliphatic rings. The Balaban J connectivity index is 1.75. The molecule has 2 aromatic carbocycles. The highest BCUT2D eigenvalue weighted by atomic mass is 35.5. The number of hydrogen-bond acceptors (Lipinski definition) is 4. The summed E-state index contributed by atoms with van der Waals surface area (Å²) in [7, 11) is 1.67. The van der Waals surface area contributed by atoms with E-state index in [0.29, 0.717) is 11.6 Å². The zero-order valence-corrected chi connectivity index (χ0v) is 18.5. The minimum atomic E-state index is 0.556. The summed E-state index contributed by atoms with van der Waals surface area (Å²) in [5.41, 5.74) is 10.9. The SMILES string of the molecule is COc1ccc(-c2nc(-c3cccs3)[nH]c2-c2cn(CCN)c3ccc(Cl)cc23)cc1. The van der Waals surface area contributed by atoms with Crippen LogP contribution in [0.15, 0.2) is 66.2 Å². The predicted molar refractivity (Wildman–Crippen MR) is 129 cm³/mol. The quantitative estimate of drug-likeness (QED) is 0.332. The molecule has 7 heteroatoms. The summed E-state index contributed by atoms with van der Waals surface area (Å²) in [5.74, 6) is 1.66. The number of rotatable bonds is 6. The molecule has 5 rings (SSSR count). The van der Waals surface area contributed by atoms with Gasteiger partial charge >= 0.3 is 0 Å². The van der Waals surface area contributed by atoms with E-state index in [1.165, 1.54) is 0 Å². The molecular formula is C24H21ClN4OS. The van der Waals surface area contributed by atoms with E-state index in [-0.39, 0.29) is 0 Å². The van der Waals surface area contributed by atoms with E-state index in [2.05, 4.69) is 27.2 Å². The number of nitrogens with one attached hydrogen (secondary N) is 1. The van der Waals surface area contributed by atoms with Gasteiger partial charge < -0.3 is 20.0 Å². The normalized spacial score (nSPS) is 11.3. The molecule has 31 heavy (non-hydrogen) atoms. The molecule has 0 unspecified atom stereocenters. The van der Waals surface area contributed by atoms with E-state index in [9.17, 15) is 0 Å². The van der Waals surface area contributed by atoms with Crippen molar-refractivity contribution < 1.29 is 4.74 Å². The average Bonchev–Trinajstić information content (AvgIpc) is 3.53. The van der Waals surface area contributed by atoms with E-state index < -0.39 is 0 Å². The molecule has 0 aliphatic carbocycles. The predicted octanol–water partition coefficient (Wildman–Crippen LogP) is 6.05. The van der Waals surface area contributed by atoms with Crippen molar-refractivity contribution in [3.8, 4) is 39.0 Å². The Morgan fingerprint density at radius 2 is 2.00 bits per heavy atom. The topological polar surface area (TPSA) is 68.9 Å². The lowest BCUT2D eigenvalue weighted by Crippen LogP contribution is -2.08. The second-order valence-electron chi connectivity index (χ2n) is 7.20. The first kappa shape index (κ1) is 19.9. The van der Waals surface area contributed by atoms with Crippen LogP contribution in [0.25, 0.3) is 44.1 Å². The number of aromatic nitrogens is 3. The second kappa shape index (κ2) is 8.23. The van der Waals surface area contributed by atoms with Gasteiger partial charge in [0, 0.05) is 46.3 Å². The van der Waals surface area contributed by atoms with Crippen LogP contribution in [-0.2, 0) is 6.54 Å². The molecule has 156 valence electrons. The van der Waals surface area contributed by atoms with E-state index in [1.54, 1.807) is 18.4 Å². The smallest absolute Gasteiger partial charge is 0.148 e. The average molecular weight is 449 g/mol. The fourth-order valence-corrected chi connectivity index (χ4v) is 4.69.